The van der Waals surface area contributed by atoms with E-state index >= 15 is 0 Å². The summed E-state index contributed by atoms with van der Waals surface area (Å²) in [5.41, 5.74) is 7.70. The molecule has 6 aromatic carbocycles. The molecule has 3 heteroatoms. The Bertz CT molecular complexity index is 2480. The summed E-state index contributed by atoms with van der Waals surface area (Å²) in [4.78, 5) is 29.9. The minimum Gasteiger partial charge on any atom is -0.313 e. The Labute approximate surface area is 273 Å². The van der Waals surface area contributed by atoms with Gasteiger partial charge in [0.05, 0.1) is 5.57 Å². The molecule has 1 heterocycles. The fourth-order valence-corrected chi connectivity index (χ4v) is 8.06. The van der Waals surface area contributed by atoms with Crippen LogP contribution in [0.5, 0.6) is 0 Å². The summed E-state index contributed by atoms with van der Waals surface area (Å²) in [5, 5.41) is 6.92. The Kier molecular flexibility index (Phi) is 5.89. The Morgan fingerprint density at radius 2 is 1.34 bits per heavy atom. The second kappa shape index (κ2) is 9.98. The number of anilines is 2. The molecule has 3 aliphatic rings. The van der Waals surface area contributed by atoms with Gasteiger partial charge in [0, 0.05) is 44.8 Å². The van der Waals surface area contributed by atoms with Crippen molar-refractivity contribution in [3.05, 3.63) is 159 Å². The number of ketones is 2. The first-order valence-corrected chi connectivity index (χ1v) is 16.4. The number of rotatable bonds is 2. The lowest BCUT2D eigenvalue weighted by atomic mass is 9.75. The third-order valence-corrected chi connectivity index (χ3v) is 10.5. The molecular weight excluding hydrogens is 574 g/mol. The van der Waals surface area contributed by atoms with Crippen LogP contribution in [0, 0.1) is 5.92 Å². The van der Waals surface area contributed by atoms with Gasteiger partial charge in [-0.3, -0.25) is 9.59 Å². The number of Topliss-reactive ketones (excluding diaryl/α,β-unsaturated/α-hetero) is 2. The monoisotopic (exact) mass is 607 g/mol. The molecule has 3 nitrogen and oxygen atoms in total. The van der Waals surface area contributed by atoms with Gasteiger partial charge in [0.15, 0.2) is 11.6 Å². The van der Waals surface area contributed by atoms with Crippen LogP contribution in [0.2, 0.25) is 0 Å². The van der Waals surface area contributed by atoms with E-state index in [4.69, 9.17) is 0 Å². The first-order valence-electron chi connectivity index (χ1n) is 16.4. The number of fused-ring (bicyclic) bond motifs is 4. The molecule has 0 aromatic heterocycles. The van der Waals surface area contributed by atoms with Crippen LogP contribution >= 0.6 is 0 Å². The van der Waals surface area contributed by atoms with Crippen molar-refractivity contribution in [1.82, 2.24) is 0 Å². The number of hydrogen-bond acceptors (Lipinski definition) is 3. The van der Waals surface area contributed by atoms with Crippen LogP contribution in [0.15, 0.2) is 121 Å². The van der Waals surface area contributed by atoms with E-state index in [1.54, 1.807) is 6.08 Å². The highest BCUT2D eigenvalue weighted by molar-refractivity contribution is 6.42. The Hall–Kier alpha value is -5.54. The van der Waals surface area contributed by atoms with Gasteiger partial charge in [0.2, 0.25) is 0 Å². The largest absolute Gasteiger partial charge is 0.313 e. The predicted octanol–water partition coefficient (Wildman–Crippen LogP) is 8.86. The number of nitrogens with zero attached hydrogens (tertiary/aromatic N) is 1. The smallest absolute Gasteiger partial charge is 0.197 e. The number of carbonyl (C=O) groups is 2. The molecule has 0 N–H and O–H groups in total. The number of benzene rings is 6. The number of hydrogen-bond donors (Lipinski definition) is 0. The van der Waals surface area contributed by atoms with E-state index < -0.39 is 0 Å². The standard InChI is InChI=1S/C44H33NO2/c1-26-15-17-29-13-8-14-37-40(29)41(26)45(33-19-18-28-9-4-5-10-30(28)23-33)39-20-16-27(22-38(39)44(37,2)3)21-36-42(46)34-24-31-11-6-7-12-32(31)25-35(34)43(36)47/h4-14,16-26H,15H2,1-3H3. The lowest BCUT2D eigenvalue weighted by molar-refractivity contribution is 0.0990. The van der Waals surface area contributed by atoms with E-state index in [0.717, 1.165) is 39.7 Å². The van der Waals surface area contributed by atoms with Gasteiger partial charge in [-0.2, -0.15) is 0 Å². The first kappa shape index (κ1) is 27.7. The molecule has 0 spiro atoms. The summed E-state index contributed by atoms with van der Waals surface area (Å²) in [6.07, 6.45) is 5.15. The maximum absolute atomic E-state index is 13.7. The second-order valence-corrected chi connectivity index (χ2v) is 13.7. The molecule has 1 atom stereocenters. The summed E-state index contributed by atoms with van der Waals surface area (Å²) in [5.74, 6) is -0.103. The van der Waals surface area contributed by atoms with Crippen molar-refractivity contribution < 1.29 is 9.59 Å². The van der Waals surface area contributed by atoms with Crippen LogP contribution in [-0.2, 0) is 5.41 Å². The zero-order valence-corrected chi connectivity index (χ0v) is 26.7. The molecule has 1 unspecified atom stereocenters. The molecule has 0 radical (unpaired) electrons. The minimum atomic E-state index is -0.360. The Morgan fingerprint density at radius 3 is 2.04 bits per heavy atom. The molecule has 226 valence electrons. The molecule has 0 fully saturated rings. The molecule has 47 heavy (non-hydrogen) atoms. The van der Waals surface area contributed by atoms with Crippen molar-refractivity contribution >= 4 is 62.3 Å². The molecule has 2 aliphatic carbocycles. The average molecular weight is 608 g/mol. The van der Waals surface area contributed by atoms with Gasteiger partial charge in [-0.25, -0.2) is 0 Å². The normalized spacial score (nSPS) is 17.7. The summed E-state index contributed by atoms with van der Waals surface area (Å²) >= 11 is 0. The Morgan fingerprint density at radius 1 is 0.681 bits per heavy atom. The van der Waals surface area contributed by atoms with Gasteiger partial charge >= 0.3 is 0 Å². The van der Waals surface area contributed by atoms with Crippen molar-refractivity contribution in [3.63, 3.8) is 0 Å². The molecule has 6 aromatic rings. The lowest BCUT2D eigenvalue weighted by Crippen LogP contribution is -2.41. The number of carbonyl (C=O) groups excluding carboxylic acids is 2. The third-order valence-electron chi connectivity index (χ3n) is 10.5. The first-order chi connectivity index (χ1) is 22.8. The summed E-state index contributed by atoms with van der Waals surface area (Å²) in [7, 11) is 0. The van der Waals surface area contributed by atoms with Crippen LogP contribution in [0.25, 0.3) is 39.4 Å². The fourth-order valence-electron chi connectivity index (χ4n) is 8.06. The van der Waals surface area contributed by atoms with Gasteiger partial charge in [-0.1, -0.05) is 106 Å². The zero-order chi connectivity index (χ0) is 32.0. The quantitative estimate of drug-likeness (QED) is 0.146. The van der Waals surface area contributed by atoms with E-state index in [9.17, 15) is 9.59 Å². The highest BCUT2D eigenvalue weighted by atomic mass is 16.2. The van der Waals surface area contributed by atoms with Crippen LogP contribution in [0.4, 0.5) is 11.4 Å². The lowest BCUT2D eigenvalue weighted by Gasteiger charge is -2.34. The maximum Gasteiger partial charge on any atom is 0.197 e. The van der Waals surface area contributed by atoms with E-state index in [0.29, 0.717) is 17.0 Å². The summed E-state index contributed by atoms with van der Waals surface area (Å²) in [6, 6.07) is 40.0. The van der Waals surface area contributed by atoms with Crippen molar-refractivity contribution in [3.8, 4) is 0 Å². The van der Waals surface area contributed by atoms with Gasteiger partial charge in [-0.05, 0) is 92.3 Å². The maximum atomic E-state index is 13.7. The molecule has 0 saturated carbocycles. The predicted molar refractivity (Wildman–Crippen MR) is 193 cm³/mol. The molecule has 0 amide bonds. The van der Waals surface area contributed by atoms with E-state index in [-0.39, 0.29) is 22.6 Å². The Balaban J connectivity index is 1.27. The van der Waals surface area contributed by atoms with E-state index in [1.807, 2.05) is 36.4 Å². The average Bonchev–Trinajstić information content (AvgIpc) is 3.26. The van der Waals surface area contributed by atoms with Crippen LogP contribution in [-0.4, -0.2) is 11.6 Å². The van der Waals surface area contributed by atoms with Crippen LogP contribution in [0.1, 0.15) is 64.6 Å². The van der Waals surface area contributed by atoms with Crippen LogP contribution < -0.4 is 15.3 Å². The van der Waals surface area contributed by atoms with Gasteiger partial charge in [0.25, 0.3) is 0 Å². The summed E-state index contributed by atoms with van der Waals surface area (Å²) in [6.45, 7) is 6.92. The SMILES string of the molecule is CC1CC=c2cccc3c2=C1N(c1ccc2ccccc2c1)c1ccc(C=C2C(=O)c4cc5ccccc5cc4C2=O)cc1C3(C)C. The van der Waals surface area contributed by atoms with Crippen molar-refractivity contribution in [2.24, 2.45) is 5.92 Å². The zero-order valence-electron chi connectivity index (χ0n) is 26.7. The van der Waals surface area contributed by atoms with Crippen LogP contribution in [0.3, 0.4) is 0 Å². The van der Waals surface area contributed by atoms with E-state index in [1.165, 1.54) is 32.5 Å². The van der Waals surface area contributed by atoms with Crippen molar-refractivity contribution in [2.45, 2.75) is 32.6 Å². The molecule has 0 saturated heterocycles. The van der Waals surface area contributed by atoms with Gasteiger partial charge in [0.1, 0.15) is 0 Å². The minimum absolute atomic E-state index is 0.205. The third kappa shape index (κ3) is 4.06. The topological polar surface area (TPSA) is 37.4 Å². The molecule has 1 aliphatic heterocycles. The fraction of sp³-hybridized carbons (Fsp3) is 0.136. The second-order valence-electron chi connectivity index (χ2n) is 13.7. The van der Waals surface area contributed by atoms with E-state index in [2.05, 4.69) is 111 Å². The number of allylic oxidation sites excluding steroid dienone is 1. The highest BCUT2D eigenvalue weighted by Crippen LogP contribution is 2.46. The molecule has 9 rings (SSSR count). The van der Waals surface area contributed by atoms with Crippen molar-refractivity contribution in [2.75, 3.05) is 4.90 Å². The van der Waals surface area contributed by atoms with Crippen molar-refractivity contribution in [1.29, 1.82) is 0 Å². The highest BCUT2D eigenvalue weighted by Gasteiger charge is 2.37. The molecule has 0 bridgehead atoms. The summed E-state index contributed by atoms with van der Waals surface area (Å²) < 4.78 is 0. The van der Waals surface area contributed by atoms with Gasteiger partial charge < -0.3 is 4.90 Å². The molecular formula is C44H33NO2. The van der Waals surface area contributed by atoms with Gasteiger partial charge in [-0.15, -0.1) is 0 Å².